The lowest BCUT2D eigenvalue weighted by atomic mass is 10.2. The Morgan fingerprint density at radius 2 is 1.62 bits per heavy atom. The van der Waals surface area contributed by atoms with Crippen LogP contribution in [0.3, 0.4) is 0 Å². The average molecular weight is 384 g/mol. The van der Waals surface area contributed by atoms with Gasteiger partial charge >= 0.3 is 0 Å². The number of rotatable bonds is 3. The molecule has 1 aromatic heterocycles. The highest BCUT2D eigenvalue weighted by atomic mass is 32.1. The van der Waals surface area contributed by atoms with E-state index in [2.05, 4.69) is 10.3 Å². The number of aryl methyl sites for hydroxylation is 1. The lowest BCUT2D eigenvalue weighted by Crippen LogP contribution is -2.13. The Hall–Kier alpha value is -2.81. The second-order valence-electron chi connectivity index (χ2n) is 5.21. The minimum Gasteiger partial charge on any atom is -0.319 e. The van der Waals surface area contributed by atoms with Gasteiger partial charge in [0.05, 0.1) is 16.9 Å². The number of anilines is 1. The van der Waals surface area contributed by atoms with E-state index < -0.39 is 46.2 Å². The maximum absolute atomic E-state index is 13.9. The maximum Gasteiger partial charge on any atom is 0.267 e. The van der Waals surface area contributed by atoms with Gasteiger partial charge in [-0.3, -0.25) is 4.79 Å². The van der Waals surface area contributed by atoms with Crippen LogP contribution in [-0.4, -0.2) is 10.9 Å². The zero-order valence-electron chi connectivity index (χ0n) is 13.0. The van der Waals surface area contributed by atoms with E-state index in [1.807, 2.05) is 0 Å². The molecule has 0 spiro atoms. The molecule has 134 valence electrons. The molecule has 0 aliphatic heterocycles. The molecule has 0 saturated carbocycles. The zero-order chi connectivity index (χ0) is 19.0. The Morgan fingerprint density at radius 1 is 0.962 bits per heavy atom. The molecule has 1 heterocycles. The van der Waals surface area contributed by atoms with Gasteiger partial charge in [0, 0.05) is 0 Å². The molecule has 0 radical (unpaired) electrons. The minimum absolute atomic E-state index is 0.0493. The number of aromatic nitrogens is 1. The van der Waals surface area contributed by atoms with Gasteiger partial charge in [-0.2, -0.15) is 0 Å². The lowest BCUT2D eigenvalue weighted by Gasteiger charge is -2.06. The van der Waals surface area contributed by atoms with Crippen molar-refractivity contribution < 1.29 is 26.7 Å². The molecule has 0 saturated heterocycles. The molecule has 3 nitrogen and oxygen atoms in total. The number of benzene rings is 2. The highest BCUT2D eigenvalue weighted by Gasteiger charge is 2.22. The van der Waals surface area contributed by atoms with Crippen LogP contribution in [0.25, 0.3) is 10.6 Å². The highest BCUT2D eigenvalue weighted by molar-refractivity contribution is 7.17. The molecule has 3 rings (SSSR count). The number of halogens is 5. The summed E-state index contributed by atoms with van der Waals surface area (Å²) in [5, 5.41) is 2.02. The molecule has 3 aromatic rings. The molecule has 0 fully saturated rings. The predicted molar refractivity (Wildman–Crippen MR) is 86.5 cm³/mol. The minimum atomic E-state index is -1.72. The van der Waals surface area contributed by atoms with Crippen LogP contribution in [0.1, 0.15) is 15.4 Å². The number of carbonyl (C=O) groups excluding carboxylic acids is 1. The van der Waals surface area contributed by atoms with Crippen molar-refractivity contribution in [2.45, 2.75) is 6.92 Å². The number of amides is 1. The van der Waals surface area contributed by atoms with E-state index in [4.69, 9.17) is 0 Å². The number of thiazole rings is 1. The molecule has 0 aliphatic rings. The topological polar surface area (TPSA) is 42.0 Å². The van der Waals surface area contributed by atoms with E-state index in [1.165, 1.54) is 13.0 Å². The summed E-state index contributed by atoms with van der Waals surface area (Å²) in [6.07, 6.45) is 0. The van der Waals surface area contributed by atoms with E-state index in [0.29, 0.717) is 17.4 Å². The number of hydrogen-bond acceptors (Lipinski definition) is 3. The highest BCUT2D eigenvalue weighted by Crippen LogP contribution is 2.32. The van der Waals surface area contributed by atoms with Gasteiger partial charge in [0.25, 0.3) is 5.91 Å². The van der Waals surface area contributed by atoms with Crippen LogP contribution in [0.4, 0.5) is 27.6 Å². The molecule has 0 unspecified atom stereocenters. The van der Waals surface area contributed by atoms with Gasteiger partial charge in [-0.1, -0.05) is 6.07 Å². The smallest absolute Gasteiger partial charge is 0.267 e. The summed E-state index contributed by atoms with van der Waals surface area (Å²) in [5.41, 5.74) is -0.813. The Balaban J connectivity index is 1.95. The van der Waals surface area contributed by atoms with E-state index in [0.717, 1.165) is 18.2 Å². The van der Waals surface area contributed by atoms with Gasteiger partial charge in [0.2, 0.25) is 0 Å². The van der Waals surface area contributed by atoms with Gasteiger partial charge in [0.15, 0.2) is 17.5 Å². The third kappa shape index (κ3) is 3.17. The first-order chi connectivity index (χ1) is 12.3. The fourth-order valence-electron chi connectivity index (χ4n) is 2.22. The average Bonchev–Trinajstić information content (AvgIpc) is 2.96. The molecule has 1 N–H and O–H groups in total. The SMILES string of the molecule is Cc1nc(-c2c(F)cccc2F)sc1C(=O)Nc1ccc(F)c(F)c1F. The molecule has 1 amide bonds. The standard InChI is InChI=1S/C17H9F5N2OS/c1-7-15(16(25)24-11-6-5-10(20)13(21)14(11)22)26-17(23-7)12-8(18)3-2-4-9(12)19/h2-6H,1H3,(H,24,25). The van der Waals surface area contributed by atoms with Crippen molar-refractivity contribution in [3.63, 3.8) is 0 Å². The largest absolute Gasteiger partial charge is 0.319 e. The normalized spacial score (nSPS) is 10.8. The van der Waals surface area contributed by atoms with Gasteiger partial charge in [-0.05, 0) is 31.2 Å². The van der Waals surface area contributed by atoms with Gasteiger partial charge < -0.3 is 5.32 Å². The number of carbonyl (C=O) groups is 1. The fourth-order valence-corrected chi connectivity index (χ4v) is 3.23. The molecule has 0 atom stereocenters. The second kappa shape index (κ2) is 6.83. The van der Waals surface area contributed by atoms with Crippen molar-refractivity contribution in [1.82, 2.24) is 4.98 Å². The third-order valence-corrected chi connectivity index (χ3v) is 4.64. The Morgan fingerprint density at radius 3 is 2.27 bits per heavy atom. The molecule has 9 heteroatoms. The fraction of sp³-hybridized carbons (Fsp3) is 0.0588. The molecule has 2 aromatic carbocycles. The first-order valence-corrected chi connectivity index (χ1v) is 7.98. The van der Waals surface area contributed by atoms with Gasteiger partial charge in [0.1, 0.15) is 21.5 Å². The Bertz CT molecular complexity index is 998. The van der Waals surface area contributed by atoms with Gasteiger partial charge in [-0.15, -0.1) is 11.3 Å². The summed E-state index contributed by atoms with van der Waals surface area (Å²) in [6.45, 7) is 1.43. The van der Waals surface area contributed by atoms with E-state index >= 15 is 0 Å². The van der Waals surface area contributed by atoms with Crippen LogP contribution < -0.4 is 5.32 Å². The first kappa shape index (κ1) is 18.0. The monoisotopic (exact) mass is 384 g/mol. The molecule has 26 heavy (non-hydrogen) atoms. The van der Waals surface area contributed by atoms with Crippen molar-refractivity contribution in [2.24, 2.45) is 0 Å². The summed E-state index contributed by atoms with van der Waals surface area (Å²) in [7, 11) is 0. The maximum atomic E-state index is 13.9. The summed E-state index contributed by atoms with van der Waals surface area (Å²) < 4.78 is 67.6. The number of nitrogens with one attached hydrogen (secondary N) is 1. The van der Waals surface area contributed by atoms with Crippen LogP contribution >= 0.6 is 11.3 Å². The first-order valence-electron chi connectivity index (χ1n) is 7.16. The number of nitrogens with zero attached hydrogens (tertiary/aromatic N) is 1. The predicted octanol–water partition coefficient (Wildman–Crippen LogP) is 5.07. The van der Waals surface area contributed by atoms with Crippen molar-refractivity contribution in [2.75, 3.05) is 5.32 Å². The van der Waals surface area contributed by atoms with Crippen molar-refractivity contribution in [3.8, 4) is 10.6 Å². The zero-order valence-corrected chi connectivity index (χ0v) is 13.9. The molecule has 0 bridgehead atoms. The van der Waals surface area contributed by atoms with Crippen LogP contribution in [0, 0.1) is 36.0 Å². The van der Waals surface area contributed by atoms with Crippen molar-refractivity contribution in [3.05, 3.63) is 70.0 Å². The van der Waals surface area contributed by atoms with Crippen LogP contribution in [0.15, 0.2) is 30.3 Å². The summed E-state index contributed by atoms with van der Waals surface area (Å²) in [5.74, 6) is -7.24. The summed E-state index contributed by atoms with van der Waals surface area (Å²) >= 11 is 0.688. The van der Waals surface area contributed by atoms with Crippen molar-refractivity contribution in [1.29, 1.82) is 0 Å². The Kier molecular flexibility index (Phi) is 4.73. The van der Waals surface area contributed by atoms with Crippen LogP contribution in [-0.2, 0) is 0 Å². The van der Waals surface area contributed by atoms with E-state index in [9.17, 15) is 26.7 Å². The molecule has 0 aliphatic carbocycles. The number of hydrogen-bond donors (Lipinski definition) is 1. The van der Waals surface area contributed by atoms with E-state index in [-0.39, 0.29) is 15.6 Å². The summed E-state index contributed by atoms with van der Waals surface area (Å²) in [4.78, 5) is 16.2. The van der Waals surface area contributed by atoms with Crippen molar-refractivity contribution >= 4 is 22.9 Å². The van der Waals surface area contributed by atoms with Crippen LogP contribution in [0.2, 0.25) is 0 Å². The lowest BCUT2D eigenvalue weighted by molar-refractivity contribution is 0.102. The van der Waals surface area contributed by atoms with Crippen LogP contribution in [0.5, 0.6) is 0 Å². The molecular weight excluding hydrogens is 375 g/mol. The van der Waals surface area contributed by atoms with E-state index in [1.54, 1.807) is 0 Å². The third-order valence-electron chi connectivity index (χ3n) is 3.46. The molecular formula is C17H9F5N2OS. The quantitative estimate of drug-likeness (QED) is 0.506. The van der Waals surface area contributed by atoms with Gasteiger partial charge in [-0.25, -0.2) is 26.9 Å². The Labute approximate surface area is 148 Å². The summed E-state index contributed by atoms with van der Waals surface area (Å²) in [6, 6.07) is 4.80. The second-order valence-corrected chi connectivity index (χ2v) is 6.21.